The Hall–Kier alpha value is -0.210. The maximum atomic E-state index is 12.1. The van der Waals surface area contributed by atoms with Crippen LogP contribution in [-0.4, -0.2) is 50.9 Å². The molecule has 0 aromatic rings. The van der Waals surface area contributed by atoms with E-state index in [1.54, 1.807) is 7.05 Å². The quantitative estimate of drug-likeness (QED) is 0.834. The number of nitrogens with one attached hydrogen (secondary N) is 1. The van der Waals surface area contributed by atoms with Crippen LogP contribution in [0, 0.1) is 0 Å². The van der Waals surface area contributed by atoms with Crippen LogP contribution in [0.15, 0.2) is 0 Å². The topological polar surface area (TPSA) is 67.9 Å². The van der Waals surface area contributed by atoms with Gasteiger partial charge in [0.15, 0.2) is 5.79 Å². The van der Waals surface area contributed by atoms with E-state index in [1.807, 2.05) is 13.8 Å². The fourth-order valence-corrected chi connectivity index (χ4v) is 4.13. The fourth-order valence-electron chi connectivity index (χ4n) is 2.77. The van der Waals surface area contributed by atoms with Gasteiger partial charge >= 0.3 is 0 Å². The molecule has 0 amide bonds. The Morgan fingerprint density at radius 3 is 2.21 bits per heavy atom. The number of hydrogen-bond acceptors (Lipinski definition) is 4. The highest BCUT2D eigenvalue weighted by atomic mass is 32.2. The molecule has 6 nitrogen and oxygen atoms in total. The molecule has 19 heavy (non-hydrogen) atoms. The molecule has 0 unspecified atom stereocenters. The van der Waals surface area contributed by atoms with Gasteiger partial charge in [-0.3, -0.25) is 0 Å². The van der Waals surface area contributed by atoms with Crippen molar-refractivity contribution in [1.29, 1.82) is 0 Å². The van der Waals surface area contributed by atoms with Crippen molar-refractivity contribution in [2.24, 2.45) is 0 Å². The van der Waals surface area contributed by atoms with Gasteiger partial charge < -0.3 is 9.47 Å². The molecular formula is C12H24N2O4S. The molecule has 1 spiro atoms. The molecule has 1 aliphatic carbocycles. The van der Waals surface area contributed by atoms with Gasteiger partial charge in [-0.1, -0.05) is 0 Å². The van der Waals surface area contributed by atoms with Crippen molar-refractivity contribution in [1.82, 2.24) is 9.03 Å². The van der Waals surface area contributed by atoms with E-state index in [-0.39, 0.29) is 12.1 Å². The lowest BCUT2D eigenvalue weighted by atomic mass is 9.90. The predicted molar refractivity (Wildman–Crippen MR) is 71.8 cm³/mol. The molecule has 1 heterocycles. The molecule has 0 atom stereocenters. The molecule has 0 aromatic heterocycles. The van der Waals surface area contributed by atoms with Crippen LogP contribution in [-0.2, 0) is 19.7 Å². The first-order chi connectivity index (χ1) is 8.85. The summed E-state index contributed by atoms with van der Waals surface area (Å²) in [6.07, 6.45) is 3.07. The average molecular weight is 292 g/mol. The zero-order chi connectivity index (χ0) is 14.1. The summed E-state index contributed by atoms with van der Waals surface area (Å²) in [5, 5.41) is 0. The maximum absolute atomic E-state index is 12.1. The van der Waals surface area contributed by atoms with Gasteiger partial charge in [-0.25, -0.2) is 0 Å². The molecule has 7 heteroatoms. The predicted octanol–water partition coefficient (Wildman–Crippen LogP) is 0.847. The third kappa shape index (κ3) is 3.46. The minimum absolute atomic E-state index is 0.0228. The lowest BCUT2D eigenvalue weighted by molar-refractivity contribution is -0.181. The van der Waals surface area contributed by atoms with Gasteiger partial charge in [-0.2, -0.15) is 17.4 Å². The Morgan fingerprint density at radius 2 is 1.74 bits per heavy atom. The molecule has 112 valence electrons. The normalized spacial score (nSPS) is 24.7. The minimum atomic E-state index is -3.39. The first-order valence-corrected chi connectivity index (χ1v) is 8.32. The third-order valence-corrected chi connectivity index (χ3v) is 5.63. The smallest absolute Gasteiger partial charge is 0.279 e. The molecule has 1 saturated heterocycles. The largest absolute Gasteiger partial charge is 0.348 e. The van der Waals surface area contributed by atoms with Gasteiger partial charge in [0.25, 0.3) is 10.2 Å². The highest BCUT2D eigenvalue weighted by Gasteiger charge is 2.42. The van der Waals surface area contributed by atoms with Crippen molar-refractivity contribution in [3.05, 3.63) is 0 Å². The number of ether oxygens (including phenoxy) is 2. The van der Waals surface area contributed by atoms with E-state index in [4.69, 9.17) is 9.47 Å². The van der Waals surface area contributed by atoms with Crippen molar-refractivity contribution in [2.75, 3.05) is 20.3 Å². The van der Waals surface area contributed by atoms with E-state index >= 15 is 0 Å². The number of rotatable bonds is 4. The van der Waals surface area contributed by atoms with E-state index in [2.05, 4.69) is 4.72 Å². The standard InChI is InChI=1S/C12H24N2O4S/c1-10(2)13-19(15,16)14(3)11-4-6-12(7-5-11)17-8-9-18-12/h10-11,13H,4-9H2,1-3H3. The minimum Gasteiger partial charge on any atom is -0.348 e. The van der Waals surface area contributed by atoms with Gasteiger partial charge in [0, 0.05) is 32.0 Å². The summed E-state index contributed by atoms with van der Waals surface area (Å²) in [6.45, 7) is 4.93. The van der Waals surface area contributed by atoms with Crippen molar-refractivity contribution < 1.29 is 17.9 Å². The van der Waals surface area contributed by atoms with Gasteiger partial charge in [0.1, 0.15) is 0 Å². The van der Waals surface area contributed by atoms with Crippen LogP contribution in [0.3, 0.4) is 0 Å². The average Bonchev–Trinajstić information content (AvgIpc) is 2.76. The zero-order valence-electron chi connectivity index (χ0n) is 11.9. The van der Waals surface area contributed by atoms with Gasteiger partial charge in [0.05, 0.1) is 13.2 Å². The van der Waals surface area contributed by atoms with E-state index in [9.17, 15) is 8.42 Å². The van der Waals surface area contributed by atoms with Crippen molar-refractivity contribution in [3.8, 4) is 0 Å². The van der Waals surface area contributed by atoms with Crippen molar-refractivity contribution in [3.63, 3.8) is 0 Å². The summed E-state index contributed by atoms with van der Waals surface area (Å²) in [4.78, 5) is 0. The van der Waals surface area contributed by atoms with E-state index in [1.165, 1.54) is 4.31 Å². The summed E-state index contributed by atoms with van der Waals surface area (Å²) < 4.78 is 39.6. The molecule has 2 rings (SSSR count). The Morgan fingerprint density at radius 1 is 1.21 bits per heavy atom. The van der Waals surface area contributed by atoms with Crippen molar-refractivity contribution >= 4 is 10.2 Å². The summed E-state index contributed by atoms with van der Waals surface area (Å²) in [6, 6.07) is -0.0708. The second-order valence-corrected chi connectivity index (χ2v) is 7.39. The molecule has 1 N–H and O–H groups in total. The van der Waals surface area contributed by atoms with Crippen LogP contribution < -0.4 is 4.72 Å². The first-order valence-electron chi connectivity index (χ1n) is 6.88. The highest BCUT2D eigenvalue weighted by molar-refractivity contribution is 7.87. The summed E-state index contributed by atoms with van der Waals surface area (Å²) in [7, 11) is -1.75. The molecule has 1 aliphatic heterocycles. The first kappa shape index (κ1) is 15.2. The van der Waals surface area contributed by atoms with Gasteiger partial charge in [0.2, 0.25) is 0 Å². The van der Waals surface area contributed by atoms with E-state index in [0.717, 1.165) is 25.7 Å². The lowest BCUT2D eigenvalue weighted by Gasteiger charge is -2.38. The Balaban J connectivity index is 1.93. The molecule has 2 aliphatic rings. The highest BCUT2D eigenvalue weighted by Crippen LogP contribution is 2.37. The SMILES string of the molecule is CC(C)NS(=O)(=O)N(C)C1CCC2(CC1)OCCO2. The monoisotopic (exact) mass is 292 g/mol. The van der Waals surface area contributed by atoms with Crippen LogP contribution in [0.1, 0.15) is 39.5 Å². The molecular weight excluding hydrogens is 268 g/mol. The van der Waals surface area contributed by atoms with Crippen LogP contribution in [0.5, 0.6) is 0 Å². The molecule has 1 saturated carbocycles. The Labute approximate surface area is 115 Å². The summed E-state index contributed by atoms with van der Waals surface area (Å²) in [5.74, 6) is -0.438. The van der Waals surface area contributed by atoms with Crippen LogP contribution in [0.4, 0.5) is 0 Å². The second-order valence-electron chi connectivity index (χ2n) is 5.63. The maximum Gasteiger partial charge on any atom is 0.279 e. The fraction of sp³-hybridized carbons (Fsp3) is 1.00. The number of nitrogens with zero attached hydrogens (tertiary/aromatic N) is 1. The summed E-state index contributed by atoms with van der Waals surface area (Å²) in [5.41, 5.74) is 0. The number of hydrogen-bond donors (Lipinski definition) is 1. The van der Waals surface area contributed by atoms with E-state index < -0.39 is 16.0 Å². The molecule has 0 bridgehead atoms. The van der Waals surface area contributed by atoms with E-state index in [0.29, 0.717) is 13.2 Å². The Kier molecular flexibility index (Phi) is 4.52. The molecule has 0 aromatic carbocycles. The molecule has 2 fully saturated rings. The Bertz CT molecular complexity index is 394. The van der Waals surface area contributed by atoms with Crippen LogP contribution in [0.2, 0.25) is 0 Å². The van der Waals surface area contributed by atoms with Crippen molar-refractivity contribution in [2.45, 2.75) is 57.4 Å². The second kappa shape index (κ2) is 5.65. The zero-order valence-corrected chi connectivity index (χ0v) is 12.7. The molecule has 0 radical (unpaired) electrons. The van der Waals surface area contributed by atoms with Gasteiger partial charge in [-0.15, -0.1) is 0 Å². The van der Waals surface area contributed by atoms with Gasteiger partial charge in [-0.05, 0) is 26.7 Å². The third-order valence-electron chi connectivity index (χ3n) is 3.81. The lowest BCUT2D eigenvalue weighted by Crippen LogP contribution is -2.49. The van der Waals surface area contributed by atoms with Crippen LogP contribution in [0.25, 0.3) is 0 Å². The van der Waals surface area contributed by atoms with Crippen LogP contribution >= 0.6 is 0 Å². The summed E-state index contributed by atoms with van der Waals surface area (Å²) >= 11 is 0.